The normalized spacial score (nSPS) is 10.2. The number of hydrogen-bond donors (Lipinski definition) is 1. The predicted octanol–water partition coefficient (Wildman–Crippen LogP) is 3.04. The molecule has 0 bridgehead atoms. The van der Waals surface area contributed by atoms with Crippen LogP contribution in [0.4, 0.5) is 11.5 Å². The van der Waals surface area contributed by atoms with Crippen molar-refractivity contribution in [2.24, 2.45) is 0 Å². The van der Waals surface area contributed by atoms with Gasteiger partial charge in [0.2, 0.25) is 0 Å². The summed E-state index contributed by atoms with van der Waals surface area (Å²) in [6.45, 7) is 5.33. The molecule has 1 aromatic heterocycles. The molecule has 2 rings (SSSR count). The van der Waals surface area contributed by atoms with Gasteiger partial charge in [0.05, 0.1) is 0 Å². The van der Waals surface area contributed by atoms with Crippen LogP contribution in [-0.2, 0) is 0 Å². The maximum absolute atomic E-state index is 11.3. The lowest BCUT2D eigenvalue weighted by Crippen LogP contribution is -2.00. The number of anilines is 2. The molecule has 4 heteroatoms. The van der Waals surface area contributed by atoms with Gasteiger partial charge in [-0.15, -0.1) is 0 Å². The average Bonchev–Trinajstić information content (AvgIpc) is 2.27. The van der Waals surface area contributed by atoms with Gasteiger partial charge in [-0.3, -0.25) is 4.79 Å². The van der Waals surface area contributed by atoms with Crippen molar-refractivity contribution in [2.75, 3.05) is 5.32 Å². The molecule has 0 saturated heterocycles. The molecule has 1 heterocycles. The van der Waals surface area contributed by atoms with E-state index in [2.05, 4.69) is 15.3 Å². The van der Waals surface area contributed by atoms with Gasteiger partial charge < -0.3 is 5.32 Å². The van der Waals surface area contributed by atoms with Crippen molar-refractivity contribution in [1.82, 2.24) is 9.97 Å². The van der Waals surface area contributed by atoms with Crippen LogP contribution in [0, 0.1) is 13.8 Å². The summed E-state index contributed by atoms with van der Waals surface area (Å²) < 4.78 is 0. The number of benzene rings is 1. The molecule has 1 N–H and O–H groups in total. The summed E-state index contributed by atoms with van der Waals surface area (Å²) in [7, 11) is 0. The number of nitrogens with zero attached hydrogens (tertiary/aromatic N) is 2. The summed E-state index contributed by atoms with van der Waals surface area (Å²) in [6, 6.07) is 9.23. The quantitative estimate of drug-likeness (QED) is 0.839. The Morgan fingerprint density at radius 3 is 2.61 bits per heavy atom. The average molecular weight is 241 g/mol. The Morgan fingerprint density at radius 2 is 1.94 bits per heavy atom. The molecule has 0 radical (unpaired) electrons. The van der Waals surface area contributed by atoms with E-state index in [1.165, 1.54) is 0 Å². The molecule has 4 nitrogen and oxygen atoms in total. The Morgan fingerprint density at radius 1 is 1.17 bits per heavy atom. The van der Waals surface area contributed by atoms with Crippen molar-refractivity contribution in [3.8, 4) is 0 Å². The summed E-state index contributed by atoms with van der Waals surface area (Å²) in [5.41, 5.74) is 2.44. The molecule has 0 aliphatic carbocycles. The largest absolute Gasteiger partial charge is 0.340 e. The predicted molar refractivity (Wildman–Crippen MR) is 71.2 cm³/mol. The molecule has 18 heavy (non-hydrogen) atoms. The molecule has 0 atom stereocenters. The number of Topliss-reactive ketones (excluding diaryl/α,β-unsaturated/α-hetero) is 1. The van der Waals surface area contributed by atoms with Crippen LogP contribution in [0.5, 0.6) is 0 Å². The molecule has 1 aromatic carbocycles. The number of rotatable bonds is 3. The van der Waals surface area contributed by atoms with Gasteiger partial charge in [-0.05, 0) is 32.9 Å². The highest BCUT2D eigenvalue weighted by atomic mass is 16.1. The summed E-state index contributed by atoms with van der Waals surface area (Å²) in [4.78, 5) is 19.8. The highest BCUT2D eigenvalue weighted by molar-refractivity contribution is 5.95. The van der Waals surface area contributed by atoms with Crippen LogP contribution in [0.15, 0.2) is 30.3 Å². The van der Waals surface area contributed by atoms with Gasteiger partial charge in [-0.1, -0.05) is 12.1 Å². The maximum atomic E-state index is 11.3. The van der Waals surface area contributed by atoms with Gasteiger partial charge >= 0.3 is 0 Å². The summed E-state index contributed by atoms with van der Waals surface area (Å²) >= 11 is 0. The van der Waals surface area contributed by atoms with Crippen LogP contribution in [0.2, 0.25) is 0 Å². The summed E-state index contributed by atoms with van der Waals surface area (Å²) in [6.07, 6.45) is 0. The number of carbonyl (C=O) groups excluding carboxylic acids is 1. The van der Waals surface area contributed by atoms with Crippen LogP contribution < -0.4 is 5.32 Å². The number of aromatic nitrogens is 2. The van der Waals surface area contributed by atoms with Gasteiger partial charge in [-0.25, -0.2) is 9.97 Å². The topological polar surface area (TPSA) is 54.9 Å². The van der Waals surface area contributed by atoms with Gasteiger partial charge in [-0.2, -0.15) is 0 Å². The fraction of sp³-hybridized carbons (Fsp3) is 0.214. The van der Waals surface area contributed by atoms with Crippen molar-refractivity contribution in [3.05, 3.63) is 47.4 Å². The van der Waals surface area contributed by atoms with Crippen molar-refractivity contribution < 1.29 is 4.79 Å². The third-order valence-electron chi connectivity index (χ3n) is 2.51. The van der Waals surface area contributed by atoms with E-state index in [0.717, 1.165) is 23.0 Å². The Bertz CT molecular complexity index is 573. The maximum Gasteiger partial charge on any atom is 0.159 e. The van der Waals surface area contributed by atoms with E-state index in [4.69, 9.17) is 0 Å². The van der Waals surface area contributed by atoms with E-state index in [1.807, 2.05) is 38.1 Å². The van der Waals surface area contributed by atoms with Gasteiger partial charge in [0.15, 0.2) is 5.78 Å². The smallest absolute Gasteiger partial charge is 0.159 e. The van der Waals surface area contributed by atoms with Crippen LogP contribution in [0.1, 0.15) is 28.8 Å². The molecule has 0 unspecified atom stereocenters. The third-order valence-corrected chi connectivity index (χ3v) is 2.51. The molecule has 0 amide bonds. The minimum absolute atomic E-state index is 0.0497. The molecule has 0 fully saturated rings. The monoisotopic (exact) mass is 241 g/mol. The molecule has 0 aliphatic heterocycles. The molecular formula is C14H15N3O. The first-order valence-corrected chi connectivity index (χ1v) is 5.75. The number of ketones is 1. The first-order chi connectivity index (χ1) is 8.54. The third kappa shape index (κ3) is 2.91. The summed E-state index contributed by atoms with van der Waals surface area (Å²) in [5.74, 6) is 1.51. The zero-order valence-corrected chi connectivity index (χ0v) is 10.7. The zero-order valence-electron chi connectivity index (χ0n) is 10.7. The Kier molecular flexibility index (Phi) is 3.37. The minimum atomic E-state index is 0.0497. The number of hydrogen-bond acceptors (Lipinski definition) is 4. The standard InChI is InChI=1S/C14H15N3O/c1-9-7-14(16-11(3)15-9)17-13-6-4-5-12(8-13)10(2)18/h4-8H,1-3H3,(H,15,16,17). The minimum Gasteiger partial charge on any atom is -0.340 e. The van der Waals surface area contributed by atoms with E-state index in [0.29, 0.717) is 5.56 Å². The Hall–Kier alpha value is -2.23. The van der Waals surface area contributed by atoms with Gasteiger partial charge in [0.1, 0.15) is 11.6 Å². The first kappa shape index (κ1) is 12.2. The Labute approximate surface area is 106 Å². The van der Waals surface area contributed by atoms with Crippen molar-refractivity contribution in [2.45, 2.75) is 20.8 Å². The van der Waals surface area contributed by atoms with E-state index in [-0.39, 0.29) is 5.78 Å². The number of carbonyl (C=O) groups is 1. The zero-order chi connectivity index (χ0) is 13.1. The van der Waals surface area contributed by atoms with E-state index in [9.17, 15) is 4.79 Å². The lowest BCUT2D eigenvalue weighted by molar-refractivity contribution is 0.101. The Balaban J connectivity index is 2.28. The molecule has 2 aromatic rings. The van der Waals surface area contributed by atoms with Crippen LogP contribution >= 0.6 is 0 Å². The highest BCUT2D eigenvalue weighted by Gasteiger charge is 2.02. The number of aryl methyl sites for hydroxylation is 2. The van der Waals surface area contributed by atoms with E-state index >= 15 is 0 Å². The first-order valence-electron chi connectivity index (χ1n) is 5.75. The highest BCUT2D eigenvalue weighted by Crippen LogP contribution is 2.17. The molecular weight excluding hydrogens is 226 g/mol. The molecule has 0 spiro atoms. The second kappa shape index (κ2) is 4.96. The van der Waals surface area contributed by atoms with Crippen LogP contribution in [0.3, 0.4) is 0 Å². The van der Waals surface area contributed by atoms with Crippen LogP contribution in [-0.4, -0.2) is 15.8 Å². The van der Waals surface area contributed by atoms with Crippen molar-refractivity contribution >= 4 is 17.3 Å². The van der Waals surface area contributed by atoms with Crippen LogP contribution in [0.25, 0.3) is 0 Å². The fourth-order valence-corrected chi connectivity index (χ4v) is 1.74. The number of nitrogens with one attached hydrogen (secondary N) is 1. The fourth-order valence-electron chi connectivity index (χ4n) is 1.74. The van der Waals surface area contributed by atoms with Crippen molar-refractivity contribution in [3.63, 3.8) is 0 Å². The van der Waals surface area contributed by atoms with Crippen molar-refractivity contribution in [1.29, 1.82) is 0 Å². The second-order valence-electron chi connectivity index (χ2n) is 4.20. The van der Waals surface area contributed by atoms with E-state index in [1.54, 1.807) is 13.0 Å². The molecule has 0 aliphatic rings. The van der Waals surface area contributed by atoms with E-state index < -0.39 is 0 Å². The second-order valence-corrected chi connectivity index (χ2v) is 4.20. The SMILES string of the molecule is CC(=O)c1cccc(Nc2cc(C)nc(C)n2)c1. The van der Waals surface area contributed by atoms with Gasteiger partial charge in [0.25, 0.3) is 0 Å². The molecule has 0 saturated carbocycles. The lowest BCUT2D eigenvalue weighted by Gasteiger charge is -2.08. The lowest BCUT2D eigenvalue weighted by atomic mass is 10.1. The summed E-state index contributed by atoms with van der Waals surface area (Å²) in [5, 5.41) is 3.18. The molecule has 92 valence electrons. The van der Waals surface area contributed by atoms with Gasteiger partial charge in [0, 0.05) is 23.0 Å².